The van der Waals surface area contributed by atoms with E-state index < -0.39 is 11.5 Å². The van der Waals surface area contributed by atoms with E-state index in [2.05, 4.69) is 21.2 Å². The van der Waals surface area contributed by atoms with E-state index in [9.17, 15) is 22.8 Å². The number of alkyl halides is 3. The molecule has 0 bridgehead atoms. The number of carbonyl (C=O) groups is 2. The predicted octanol–water partition coefficient (Wildman–Crippen LogP) is 7.73. The molecule has 0 atom stereocenters. The van der Waals surface area contributed by atoms with Gasteiger partial charge >= 0.3 is 11.5 Å². The van der Waals surface area contributed by atoms with Gasteiger partial charge in [-0.2, -0.15) is 13.2 Å². The maximum atomic E-state index is 12.8. The molecule has 0 aliphatic carbocycles. The number of aromatic nitrogens is 1. The van der Waals surface area contributed by atoms with Crippen LogP contribution >= 0.6 is 39.0 Å². The summed E-state index contributed by atoms with van der Waals surface area (Å²) in [6, 6.07) is 20.6. The number of anilines is 2. The molecule has 2 N–H and O–H groups in total. The van der Waals surface area contributed by atoms with Crippen LogP contribution in [0, 0.1) is 0 Å². The summed E-state index contributed by atoms with van der Waals surface area (Å²) >= 11 is 4.66. The number of carboxylic acid groups (broad SMARTS) is 1. The lowest BCUT2D eigenvalue weighted by atomic mass is 10.1. The molecule has 0 fully saturated rings. The van der Waals surface area contributed by atoms with Crippen molar-refractivity contribution in [3.05, 3.63) is 93.8 Å². The van der Waals surface area contributed by atoms with Crippen LogP contribution < -0.4 is 10.2 Å². The van der Waals surface area contributed by atoms with Gasteiger partial charge in [0.05, 0.1) is 18.7 Å². The van der Waals surface area contributed by atoms with Crippen LogP contribution in [-0.4, -0.2) is 34.0 Å². The Bertz CT molecular complexity index is 1430. The van der Waals surface area contributed by atoms with Gasteiger partial charge < -0.3 is 15.3 Å². The molecule has 0 saturated carbocycles. The minimum atomic E-state index is -4.38. The maximum Gasteiger partial charge on any atom is 0.446 e. The summed E-state index contributed by atoms with van der Waals surface area (Å²) in [7, 11) is 0. The number of thiazole rings is 1. The number of halogens is 4. The van der Waals surface area contributed by atoms with E-state index in [1.165, 1.54) is 23.5 Å². The first-order chi connectivity index (χ1) is 18.6. The van der Waals surface area contributed by atoms with E-state index in [4.69, 9.17) is 10.1 Å². The molecule has 39 heavy (non-hydrogen) atoms. The van der Waals surface area contributed by atoms with Crippen LogP contribution in [0.15, 0.2) is 87.5 Å². The lowest BCUT2D eigenvalue weighted by Crippen LogP contribution is -2.26. The van der Waals surface area contributed by atoms with Crippen molar-refractivity contribution in [1.29, 1.82) is 0 Å². The first-order valence-corrected chi connectivity index (χ1v) is 14.0. The van der Waals surface area contributed by atoms with Crippen molar-refractivity contribution >= 4 is 61.7 Å². The van der Waals surface area contributed by atoms with Gasteiger partial charge in [0.2, 0.25) is 0 Å². The third kappa shape index (κ3) is 8.32. The van der Waals surface area contributed by atoms with Crippen molar-refractivity contribution in [2.75, 3.05) is 11.4 Å². The van der Waals surface area contributed by atoms with Crippen LogP contribution in [0.5, 0.6) is 0 Å². The largest absolute Gasteiger partial charge is 0.481 e. The Balaban J connectivity index is 1.58. The van der Waals surface area contributed by atoms with E-state index in [1.54, 1.807) is 36.4 Å². The Labute approximate surface area is 239 Å². The fourth-order valence-electron chi connectivity index (χ4n) is 3.57. The van der Waals surface area contributed by atoms with Crippen LogP contribution in [0.1, 0.15) is 22.3 Å². The van der Waals surface area contributed by atoms with Gasteiger partial charge in [-0.25, -0.2) is 4.98 Å². The van der Waals surface area contributed by atoms with E-state index in [0.29, 0.717) is 22.9 Å². The third-order valence-electron chi connectivity index (χ3n) is 5.43. The monoisotopic (exact) mass is 635 g/mol. The van der Waals surface area contributed by atoms with Gasteiger partial charge in [-0.05, 0) is 65.9 Å². The van der Waals surface area contributed by atoms with E-state index >= 15 is 0 Å². The first-order valence-electron chi connectivity index (χ1n) is 11.5. The van der Waals surface area contributed by atoms with Crippen molar-refractivity contribution in [2.45, 2.75) is 23.4 Å². The van der Waals surface area contributed by atoms with Crippen molar-refractivity contribution < 1.29 is 27.9 Å². The molecule has 0 unspecified atom stereocenters. The molecular weight excluding hydrogens is 615 g/mol. The molecule has 0 spiro atoms. The summed E-state index contributed by atoms with van der Waals surface area (Å²) in [5, 5.41) is 13.9. The molecule has 1 amide bonds. The van der Waals surface area contributed by atoms with Gasteiger partial charge in [0.15, 0.2) is 5.13 Å². The Kier molecular flexibility index (Phi) is 9.31. The van der Waals surface area contributed by atoms with Crippen LogP contribution in [0.3, 0.4) is 0 Å². The fourth-order valence-corrected chi connectivity index (χ4v) is 5.23. The van der Waals surface area contributed by atoms with Crippen LogP contribution in [0.4, 0.5) is 24.0 Å². The lowest BCUT2D eigenvalue weighted by Gasteiger charge is -2.23. The number of benzene rings is 3. The number of aliphatic carboxylic acids is 1. The van der Waals surface area contributed by atoms with E-state index in [0.717, 1.165) is 21.3 Å². The number of nitrogens with one attached hydrogen (secondary N) is 1. The van der Waals surface area contributed by atoms with Gasteiger partial charge in [0.1, 0.15) is 0 Å². The Morgan fingerprint density at radius 2 is 1.67 bits per heavy atom. The van der Waals surface area contributed by atoms with Crippen LogP contribution in [0.25, 0.3) is 11.3 Å². The molecule has 6 nitrogen and oxygen atoms in total. The Morgan fingerprint density at radius 3 is 2.28 bits per heavy atom. The number of carbonyl (C=O) groups excluding carboxylic acids is 1. The molecule has 0 aliphatic rings. The smallest absolute Gasteiger partial charge is 0.446 e. The van der Waals surface area contributed by atoms with Crippen molar-refractivity contribution in [3.8, 4) is 11.3 Å². The average molecular weight is 637 g/mol. The molecule has 1 aromatic heterocycles. The second kappa shape index (κ2) is 12.7. The maximum absolute atomic E-state index is 12.8. The summed E-state index contributed by atoms with van der Waals surface area (Å²) in [5.41, 5.74) is -0.797. The van der Waals surface area contributed by atoms with Gasteiger partial charge in [-0.15, -0.1) is 11.3 Å². The summed E-state index contributed by atoms with van der Waals surface area (Å²) in [4.78, 5) is 29.7. The normalized spacial score (nSPS) is 11.3. The number of carboxylic acids is 1. The van der Waals surface area contributed by atoms with Gasteiger partial charge in [0.25, 0.3) is 5.91 Å². The standard InChI is InChI=1S/C27H21BrF3N3O3S2/c28-20-7-5-18(6-8-20)23-16-38-26(33-23)34(21-9-11-22(12-10-21)39-27(29,30)31)15-17-1-3-19(4-2-17)25(37)32-14-13-24(35)36/h1-12,16H,13-15H2,(H,32,37)(H,35,36). The molecule has 4 aromatic rings. The molecule has 0 aliphatic heterocycles. The highest BCUT2D eigenvalue weighted by molar-refractivity contribution is 9.10. The van der Waals surface area contributed by atoms with E-state index in [-0.39, 0.29) is 35.5 Å². The molecule has 0 radical (unpaired) electrons. The molecule has 1 heterocycles. The number of thioether (sulfide) groups is 1. The fraction of sp³-hybridized carbons (Fsp3) is 0.148. The first kappa shape index (κ1) is 28.7. The van der Waals surface area contributed by atoms with Gasteiger partial charge in [-0.3, -0.25) is 9.59 Å². The van der Waals surface area contributed by atoms with E-state index in [1.807, 2.05) is 34.5 Å². The number of hydrogen-bond acceptors (Lipinski definition) is 6. The second-order valence-electron chi connectivity index (χ2n) is 8.25. The molecular formula is C27H21BrF3N3O3S2. The zero-order valence-corrected chi connectivity index (χ0v) is 23.3. The summed E-state index contributed by atoms with van der Waals surface area (Å²) in [5.74, 6) is -1.38. The van der Waals surface area contributed by atoms with Gasteiger partial charge in [0, 0.05) is 38.1 Å². The van der Waals surface area contributed by atoms with Gasteiger partial charge in [-0.1, -0.05) is 40.2 Å². The number of amides is 1. The molecule has 202 valence electrons. The Hall–Kier alpha value is -3.35. The zero-order chi connectivity index (χ0) is 28.0. The molecule has 3 aromatic carbocycles. The van der Waals surface area contributed by atoms with Crippen LogP contribution in [-0.2, 0) is 11.3 Å². The van der Waals surface area contributed by atoms with Crippen molar-refractivity contribution in [1.82, 2.24) is 10.3 Å². The quantitative estimate of drug-likeness (QED) is 0.174. The minimum absolute atomic E-state index is 0.0249. The summed E-state index contributed by atoms with van der Waals surface area (Å²) in [6.45, 7) is 0.372. The summed E-state index contributed by atoms with van der Waals surface area (Å²) < 4.78 is 39.4. The second-order valence-corrected chi connectivity index (χ2v) is 11.1. The van der Waals surface area contributed by atoms with Crippen LogP contribution in [0.2, 0.25) is 0 Å². The average Bonchev–Trinajstić information content (AvgIpc) is 3.37. The highest BCUT2D eigenvalue weighted by Crippen LogP contribution is 2.39. The number of rotatable bonds is 10. The molecule has 12 heteroatoms. The van der Waals surface area contributed by atoms with Crippen molar-refractivity contribution in [2.24, 2.45) is 0 Å². The van der Waals surface area contributed by atoms with Crippen molar-refractivity contribution in [3.63, 3.8) is 0 Å². The minimum Gasteiger partial charge on any atom is -0.481 e. The number of nitrogens with zero attached hydrogens (tertiary/aromatic N) is 2. The third-order valence-corrected chi connectivity index (χ3v) is 7.56. The molecule has 4 rings (SSSR count). The highest BCUT2D eigenvalue weighted by atomic mass is 79.9. The topological polar surface area (TPSA) is 82.5 Å². The number of hydrogen-bond donors (Lipinski definition) is 2. The Morgan fingerprint density at radius 1 is 1.00 bits per heavy atom. The molecule has 0 saturated heterocycles. The SMILES string of the molecule is O=C(O)CCNC(=O)c1ccc(CN(c2ccc(SC(F)(F)F)cc2)c2nc(-c3ccc(Br)cc3)cs2)cc1. The highest BCUT2D eigenvalue weighted by Gasteiger charge is 2.29. The predicted molar refractivity (Wildman–Crippen MR) is 150 cm³/mol. The zero-order valence-electron chi connectivity index (χ0n) is 20.1. The lowest BCUT2D eigenvalue weighted by molar-refractivity contribution is -0.136. The summed E-state index contributed by atoms with van der Waals surface area (Å²) in [6.07, 6.45) is -0.172.